The van der Waals surface area contributed by atoms with Crippen molar-refractivity contribution in [2.75, 3.05) is 6.54 Å². The minimum Gasteiger partial charge on any atom is -0.405 e. The summed E-state index contributed by atoms with van der Waals surface area (Å²) >= 11 is 0. The van der Waals surface area contributed by atoms with Crippen LogP contribution >= 0.6 is 0 Å². The average Bonchev–Trinajstić information content (AvgIpc) is 3.30. The molecule has 4 N–H and O–H groups in total. The molecule has 0 radical (unpaired) electrons. The highest BCUT2D eigenvalue weighted by Crippen LogP contribution is 2.32. The van der Waals surface area contributed by atoms with E-state index in [0.29, 0.717) is 12.0 Å². The van der Waals surface area contributed by atoms with Gasteiger partial charge in [-0.25, -0.2) is 0 Å². The summed E-state index contributed by atoms with van der Waals surface area (Å²) in [7, 11) is 0. The minimum atomic E-state index is -4.95. The lowest BCUT2D eigenvalue weighted by atomic mass is 9.98. The van der Waals surface area contributed by atoms with Crippen LogP contribution in [0.5, 0.6) is 5.75 Å². The molecule has 37 heavy (non-hydrogen) atoms. The third-order valence-corrected chi connectivity index (χ3v) is 6.29. The Kier molecular flexibility index (Phi) is 6.58. The molecule has 188 valence electrons. The van der Waals surface area contributed by atoms with Gasteiger partial charge in [0.25, 0.3) is 5.91 Å². The number of H-pyrrole nitrogens is 1. The van der Waals surface area contributed by atoms with Gasteiger partial charge in [-0.2, -0.15) is 0 Å². The molecule has 0 bridgehead atoms. The van der Waals surface area contributed by atoms with Crippen molar-refractivity contribution in [3.63, 3.8) is 0 Å². The molecule has 8 heteroatoms. The molecule has 4 aromatic carbocycles. The fourth-order valence-corrected chi connectivity index (χ4v) is 4.49. The number of hydrogen-bond acceptors (Lipinski definition) is 3. The van der Waals surface area contributed by atoms with E-state index in [0.717, 1.165) is 32.8 Å². The lowest BCUT2D eigenvalue weighted by Gasteiger charge is -2.19. The number of nitrogens with one attached hydrogen (secondary N) is 2. The fraction of sp³-hybridized carbons (Fsp3) is 0.138. The molecule has 0 spiro atoms. The summed E-state index contributed by atoms with van der Waals surface area (Å²) in [6.45, 7) is 0.102. The van der Waals surface area contributed by atoms with Gasteiger partial charge in [0.15, 0.2) is 0 Å². The van der Waals surface area contributed by atoms with Gasteiger partial charge < -0.3 is 20.8 Å². The fourth-order valence-electron chi connectivity index (χ4n) is 4.49. The number of nitrogens with two attached hydrogens (primary N) is 1. The van der Waals surface area contributed by atoms with Crippen LogP contribution in [0.4, 0.5) is 13.2 Å². The number of carbonyl (C=O) groups excluding carboxylic acids is 1. The van der Waals surface area contributed by atoms with Gasteiger partial charge >= 0.3 is 6.36 Å². The van der Waals surface area contributed by atoms with E-state index in [1.165, 1.54) is 18.2 Å². The highest BCUT2D eigenvalue weighted by Gasteiger charge is 2.33. The molecule has 1 aromatic heterocycles. The summed E-state index contributed by atoms with van der Waals surface area (Å²) in [4.78, 5) is 16.5. The maximum absolute atomic E-state index is 13.3. The third-order valence-electron chi connectivity index (χ3n) is 6.29. The predicted molar refractivity (Wildman–Crippen MR) is 138 cm³/mol. The van der Waals surface area contributed by atoms with Crippen LogP contribution in [-0.2, 0) is 6.42 Å². The smallest absolute Gasteiger partial charge is 0.405 e. The largest absolute Gasteiger partial charge is 0.573 e. The molecule has 1 amide bonds. The lowest BCUT2D eigenvalue weighted by Crippen LogP contribution is -2.42. The van der Waals surface area contributed by atoms with Gasteiger partial charge in [0.2, 0.25) is 0 Å². The second kappa shape index (κ2) is 9.99. The van der Waals surface area contributed by atoms with E-state index in [1.807, 2.05) is 72.9 Å². The SMILES string of the molecule is NCC(Cc1c[nH]c2ccccc12)NC(=O)c1cc(-c2ccc3ccccc3c2)ccc1OC(F)(F)F. The van der Waals surface area contributed by atoms with Gasteiger partial charge in [-0.05, 0) is 58.1 Å². The maximum Gasteiger partial charge on any atom is 0.573 e. The standard InChI is InChI=1S/C29H24F3N3O2/c30-29(31,32)37-27-12-11-21(20-10-9-18-5-1-2-6-19(18)13-20)15-25(27)28(36)35-23(16-33)14-22-17-34-26-8-4-3-7-24(22)26/h1-13,15,17,23,34H,14,16,33H2,(H,35,36). The van der Waals surface area contributed by atoms with Crippen molar-refractivity contribution in [3.05, 3.63) is 102 Å². The number of benzene rings is 4. The van der Waals surface area contributed by atoms with Crippen molar-refractivity contribution in [3.8, 4) is 16.9 Å². The highest BCUT2D eigenvalue weighted by molar-refractivity contribution is 5.99. The first-order chi connectivity index (χ1) is 17.8. The van der Waals surface area contributed by atoms with E-state index >= 15 is 0 Å². The van der Waals surface area contributed by atoms with Crippen LogP contribution in [-0.4, -0.2) is 29.8 Å². The van der Waals surface area contributed by atoms with E-state index in [4.69, 9.17) is 5.73 Å². The number of para-hydroxylation sites is 1. The van der Waals surface area contributed by atoms with E-state index in [9.17, 15) is 18.0 Å². The molecule has 1 atom stereocenters. The first-order valence-electron chi connectivity index (χ1n) is 11.8. The Hall–Kier alpha value is -4.30. The minimum absolute atomic E-state index is 0.102. The van der Waals surface area contributed by atoms with Crippen LogP contribution in [0.1, 0.15) is 15.9 Å². The first-order valence-corrected chi connectivity index (χ1v) is 11.8. The summed E-state index contributed by atoms with van der Waals surface area (Å²) in [5, 5.41) is 5.80. The van der Waals surface area contributed by atoms with Crippen molar-refractivity contribution >= 4 is 27.6 Å². The van der Waals surface area contributed by atoms with E-state index in [1.54, 1.807) is 0 Å². The number of hydrogen-bond donors (Lipinski definition) is 3. The Morgan fingerprint density at radius 2 is 1.62 bits per heavy atom. The Balaban J connectivity index is 1.46. The Bertz CT molecular complexity index is 1580. The van der Waals surface area contributed by atoms with Crippen LogP contribution in [0, 0.1) is 0 Å². The zero-order valence-corrected chi connectivity index (χ0v) is 19.7. The number of rotatable bonds is 7. The van der Waals surface area contributed by atoms with E-state index < -0.39 is 24.1 Å². The van der Waals surface area contributed by atoms with Crippen LogP contribution in [0.2, 0.25) is 0 Å². The van der Waals surface area contributed by atoms with Crippen LogP contribution in [0.25, 0.3) is 32.8 Å². The number of fused-ring (bicyclic) bond motifs is 2. The normalized spacial score (nSPS) is 12.5. The quantitative estimate of drug-likeness (QED) is 0.248. The highest BCUT2D eigenvalue weighted by atomic mass is 19.4. The van der Waals surface area contributed by atoms with Crippen LogP contribution < -0.4 is 15.8 Å². The van der Waals surface area contributed by atoms with Crippen molar-refractivity contribution in [2.24, 2.45) is 5.73 Å². The number of alkyl halides is 3. The summed E-state index contributed by atoms with van der Waals surface area (Å²) in [6, 6.07) is 24.8. The van der Waals surface area contributed by atoms with Crippen molar-refractivity contribution in [1.82, 2.24) is 10.3 Å². The lowest BCUT2D eigenvalue weighted by molar-refractivity contribution is -0.274. The zero-order valence-electron chi connectivity index (χ0n) is 19.7. The molecular formula is C29H24F3N3O2. The van der Waals surface area contributed by atoms with Gasteiger partial charge in [0.05, 0.1) is 5.56 Å². The number of ether oxygens (including phenoxy) is 1. The first kappa shape index (κ1) is 24.4. The van der Waals surface area contributed by atoms with Gasteiger partial charge in [-0.1, -0.05) is 60.7 Å². The molecule has 1 heterocycles. The van der Waals surface area contributed by atoms with Gasteiger partial charge in [-0.15, -0.1) is 13.2 Å². The summed E-state index contributed by atoms with van der Waals surface area (Å²) in [6.07, 6.45) is -2.69. The molecule has 0 aliphatic carbocycles. The van der Waals surface area contributed by atoms with Gasteiger partial charge in [-0.3, -0.25) is 4.79 Å². The van der Waals surface area contributed by atoms with E-state index in [2.05, 4.69) is 15.0 Å². The maximum atomic E-state index is 13.3. The molecule has 0 aliphatic rings. The topological polar surface area (TPSA) is 80.1 Å². The van der Waals surface area contributed by atoms with Crippen LogP contribution in [0.15, 0.2) is 91.1 Å². The molecule has 5 nitrogen and oxygen atoms in total. The van der Waals surface area contributed by atoms with Crippen LogP contribution in [0.3, 0.4) is 0 Å². The summed E-state index contributed by atoms with van der Waals surface area (Å²) in [5.74, 6) is -1.27. The molecule has 0 fully saturated rings. The number of halogens is 3. The van der Waals surface area contributed by atoms with Gasteiger partial charge in [0, 0.05) is 29.7 Å². The zero-order chi connectivity index (χ0) is 26.0. The summed E-state index contributed by atoms with van der Waals surface area (Å²) in [5.41, 5.74) is 8.96. The van der Waals surface area contributed by atoms with Crippen molar-refractivity contribution in [1.29, 1.82) is 0 Å². The van der Waals surface area contributed by atoms with Gasteiger partial charge in [0.1, 0.15) is 5.75 Å². The Morgan fingerprint density at radius 3 is 2.41 bits per heavy atom. The molecule has 5 rings (SSSR count). The number of aromatic nitrogens is 1. The van der Waals surface area contributed by atoms with Crippen molar-refractivity contribution in [2.45, 2.75) is 18.8 Å². The molecule has 0 aliphatic heterocycles. The monoisotopic (exact) mass is 503 g/mol. The number of aromatic amines is 1. The predicted octanol–water partition coefficient (Wildman–Crippen LogP) is 6.19. The van der Waals surface area contributed by atoms with Crippen molar-refractivity contribution < 1.29 is 22.7 Å². The number of amides is 1. The Morgan fingerprint density at radius 1 is 0.919 bits per heavy atom. The second-order valence-corrected chi connectivity index (χ2v) is 8.79. The third kappa shape index (κ3) is 5.44. The molecule has 5 aromatic rings. The Labute approximate surface area is 211 Å². The molecule has 0 saturated carbocycles. The average molecular weight is 504 g/mol. The molecule has 0 saturated heterocycles. The summed E-state index contributed by atoms with van der Waals surface area (Å²) < 4.78 is 43.6. The molecule has 1 unspecified atom stereocenters. The second-order valence-electron chi connectivity index (χ2n) is 8.79. The number of carbonyl (C=O) groups is 1. The molecular weight excluding hydrogens is 479 g/mol. The van der Waals surface area contributed by atoms with E-state index in [-0.39, 0.29) is 12.1 Å².